The first-order valence-electron chi connectivity index (χ1n) is 4.53. The van der Waals surface area contributed by atoms with E-state index in [2.05, 4.69) is 4.98 Å². The van der Waals surface area contributed by atoms with E-state index in [1.165, 1.54) is 30.6 Å². The van der Waals surface area contributed by atoms with Crippen LogP contribution in [0.15, 0.2) is 42.7 Å². The predicted molar refractivity (Wildman–Crippen MR) is 56.3 cm³/mol. The van der Waals surface area contributed by atoms with Gasteiger partial charge in [0.1, 0.15) is 5.82 Å². The Morgan fingerprint density at radius 1 is 1.25 bits per heavy atom. The number of nitrogens with zero attached hydrogens (tertiary/aromatic N) is 2. The van der Waals surface area contributed by atoms with Crippen LogP contribution in [0, 0.1) is 15.9 Å². The minimum absolute atomic E-state index is 0.0272. The fourth-order valence-electron chi connectivity index (χ4n) is 1.46. The highest BCUT2D eigenvalue weighted by atomic mass is 19.1. The molecule has 16 heavy (non-hydrogen) atoms. The van der Waals surface area contributed by atoms with Crippen LogP contribution in [-0.4, -0.2) is 9.91 Å². The lowest BCUT2D eigenvalue weighted by molar-refractivity contribution is -0.384. The van der Waals surface area contributed by atoms with Gasteiger partial charge >= 0.3 is 0 Å². The highest BCUT2D eigenvalue weighted by molar-refractivity contribution is 5.73. The summed E-state index contributed by atoms with van der Waals surface area (Å²) in [7, 11) is 0. The maximum absolute atomic E-state index is 13.6. The van der Waals surface area contributed by atoms with Gasteiger partial charge in [0.25, 0.3) is 5.69 Å². The van der Waals surface area contributed by atoms with E-state index in [9.17, 15) is 14.5 Å². The molecule has 0 N–H and O–H groups in total. The Kier molecular flexibility index (Phi) is 2.59. The van der Waals surface area contributed by atoms with E-state index in [1.807, 2.05) is 0 Å². The molecule has 0 aliphatic rings. The number of nitro groups is 1. The summed E-state index contributed by atoms with van der Waals surface area (Å²) in [6.07, 6.45) is 2.92. The van der Waals surface area contributed by atoms with Crippen LogP contribution in [0.4, 0.5) is 10.1 Å². The summed E-state index contributed by atoms with van der Waals surface area (Å²) in [5, 5.41) is 10.8. The number of nitro benzene ring substituents is 1. The maximum atomic E-state index is 13.6. The first kappa shape index (κ1) is 10.2. The van der Waals surface area contributed by atoms with Crippen LogP contribution in [0.1, 0.15) is 0 Å². The molecule has 80 valence electrons. The van der Waals surface area contributed by atoms with Crippen LogP contribution in [0.25, 0.3) is 11.1 Å². The molecule has 0 atom stereocenters. The molecule has 0 bridgehead atoms. The van der Waals surface area contributed by atoms with Crippen molar-refractivity contribution >= 4 is 5.69 Å². The number of hydrogen-bond donors (Lipinski definition) is 0. The van der Waals surface area contributed by atoms with Gasteiger partial charge in [-0.2, -0.15) is 0 Å². The Bertz CT molecular complexity index is 529. The standard InChI is InChI=1S/C11H7FN2O2/c12-9-4-1-5-10(14(15)16)11(9)8-3-2-6-13-7-8/h1-7H. The van der Waals surface area contributed by atoms with Crippen molar-refractivity contribution in [2.45, 2.75) is 0 Å². The van der Waals surface area contributed by atoms with E-state index in [1.54, 1.807) is 12.1 Å². The summed E-state index contributed by atoms with van der Waals surface area (Å²) in [6, 6.07) is 6.96. The molecule has 1 aromatic heterocycles. The van der Waals surface area contributed by atoms with Gasteiger partial charge in [-0.1, -0.05) is 12.1 Å². The summed E-state index contributed by atoms with van der Waals surface area (Å²) in [5.74, 6) is -0.623. The maximum Gasteiger partial charge on any atom is 0.280 e. The Morgan fingerprint density at radius 3 is 2.69 bits per heavy atom. The van der Waals surface area contributed by atoms with Gasteiger partial charge < -0.3 is 0 Å². The van der Waals surface area contributed by atoms with Crippen molar-refractivity contribution in [2.75, 3.05) is 0 Å². The smallest absolute Gasteiger partial charge is 0.264 e. The van der Waals surface area contributed by atoms with Crippen LogP contribution < -0.4 is 0 Å². The van der Waals surface area contributed by atoms with Gasteiger partial charge in [0.2, 0.25) is 0 Å². The van der Waals surface area contributed by atoms with Crippen LogP contribution in [-0.2, 0) is 0 Å². The third-order valence-electron chi connectivity index (χ3n) is 2.14. The van der Waals surface area contributed by atoms with Crippen molar-refractivity contribution in [3.8, 4) is 11.1 Å². The quantitative estimate of drug-likeness (QED) is 0.575. The average molecular weight is 218 g/mol. The molecule has 0 aliphatic heterocycles. The SMILES string of the molecule is O=[N+]([O-])c1cccc(F)c1-c1cccnc1. The molecule has 0 amide bonds. The van der Waals surface area contributed by atoms with Gasteiger partial charge in [-0.3, -0.25) is 15.1 Å². The molecular weight excluding hydrogens is 211 g/mol. The Morgan fingerprint density at radius 2 is 2.06 bits per heavy atom. The molecule has 2 rings (SSSR count). The lowest BCUT2D eigenvalue weighted by Crippen LogP contribution is -1.94. The number of hydrogen-bond acceptors (Lipinski definition) is 3. The molecular formula is C11H7FN2O2. The number of halogens is 1. The van der Waals surface area contributed by atoms with Crippen LogP contribution in [0.3, 0.4) is 0 Å². The number of pyridine rings is 1. The van der Waals surface area contributed by atoms with Crippen LogP contribution in [0.2, 0.25) is 0 Å². The van der Waals surface area contributed by atoms with E-state index in [4.69, 9.17) is 0 Å². The van der Waals surface area contributed by atoms with E-state index in [0.29, 0.717) is 5.56 Å². The second kappa shape index (κ2) is 4.06. The van der Waals surface area contributed by atoms with Crippen molar-refractivity contribution in [3.05, 3.63) is 58.7 Å². The minimum atomic E-state index is -0.623. The third kappa shape index (κ3) is 1.75. The fraction of sp³-hybridized carbons (Fsp3) is 0. The lowest BCUT2D eigenvalue weighted by atomic mass is 10.1. The van der Waals surface area contributed by atoms with Crippen LogP contribution >= 0.6 is 0 Å². The zero-order valence-electron chi connectivity index (χ0n) is 8.13. The van der Waals surface area contributed by atoms with Gasteiger partial charge in [0.15, 0.2) is 0 Å². The molecule has 1 aromatic carbocycles. The molecule has 0 unspecified atom stereocenters. The zero-order valence-corrected chi connectivity index (χ0v) is 8.13. The Balaban J connectivity index is 2.68. The summed E-state index contributed by atoms with van der Waals surface area (Å²) >= 11 is 0. The summed E-state index contributed by atoms with van der Waals surface area (Å²) in [4.78, 5) is 14.0. The van der Waals surface area contributed by atoms with Crippen molar-refractivity contribution in [1.29, 1.82) is 0 Å². The Hall–Kier alpha value is -2.30. The topological polar surface area (TPSA) is 56.0 Å². The molecule has 0 fully saturated rings. The number of aromatic nitrogens is 1. The normalized spacial score (nSPS) is 10.1. The number of rotatable bonds is 2. The zero-order chi connectivity index (χ0) is 11.5. The summed E-state index contributed by atoms with van der Waals surface area (Å²) in [5.41, 5.74) is 0.112. The molecule has 4 nitrogen and oxygen atoms in total. The van der Waals surface area contributed by atoms with Crippen molar-refractivity contribution in [2.24, 2.45) is 0 Å². The van der Waals surface area contributed by atoms with E-state index < -0.39 is 10.7 Å². The molecule has 0 aliphatic carbocycles. The molecule has 5 heteroatoms. The second-order valence-electron chi connectivity index (χ2n) is 3.13. The molecule has 1 heterocycles. The molecule has 0 saturated carbocycles. The fourth-order valence-corrected chi connectivity index (χ4v) is 1.46. The van der Waals surface area contributed by atoms with Crippen molar-refractivity contribution < 1.29 is 9.31 Å². The predicted octanol–water partition coefficient (Wildman–Crippen LogP) is 2.80. The van der Waals surface area contributed by atoms with E-state index in [0.717, 1.165) is 0 Å². The number of benzene rings is 1. The lowest BCUT2D eigenvalue weighted by Gasteiger charge is -2.03. The van der Waals surface area contributed by atoms with Crippen molar-refractivity contribution in [1.82, 2.24) is 4.98 Å². The summed E-state index contributed by atoms with van der Waals surface area (Å²) in [6.45, 7) is 0. The molecule has 2 aromatic rings. The molecule has 0 saturated heterocycles. The van der Waals surface area contributed by atoms with E-state index >= 15 is 0 Å². The van der Waals surface area contributed by atoms with Crippen molar-refractivity contribution in [3.63, 3.8) is 0 Å². The largest absolute Gasteiger partial charge is 0.280 e. The first-order valence-corrected chi connectivity index (χ1v) is 4.53. The highest BCUT2D eigenvalue weighted by Gasteiger charge is 2.18. The monoisotopic (exact) mass is 218 g/mol. The first-order chi connectivity index (χ1) is 7.70. The third-order valence-corrected chi connectivity index (χ3v) is 2.14. The Labute approximate surface area is 90.5 Å². The van der Waals surface area contributed by atoms with Crippen LogP contribution in [0.5, 0.6) is 0 Å². The molecule has 0 radical (unpaired) electrons. The van der Waals surface area contributed by atoms with Gasteiger partial charge in [-0.15, -0.1) is 0 Å². The second-order valence-corrected chi connectivity index (χ2v) is 3.13. The summed E-state index contributed by atoms with van der Waals surface area (Å²) < 4.78 is 13.6. The van der Waals surface area contributed by atoms with Gasteiger partial charge in [0.05, 0.1) is 10.5 Å². The highest BCUT2D eigenvalue weighted by Crippen LogP contribution is 2.31. The minimum Gasteiger partial charge on any atom is -0.264 e. The average Bonchev–Trinajstić information content (AvgIpc) is 2.29. The molecule has 0 spiro atoms. The van der Waals surface area contributed by atoms with Gasteiger partial charge in [-0.05, 0) is 12.1 Å². The van der Waals surface area contributed by atoms with Gasteiger partial charge in [0, 0.05) is 24.0 Å². The van der Waals surface area contributed by atoms with E-state index in [-0.39, 0.29) is 11.3 Å². The van der Waals surface area contributed by atoms with Gasteiger partial charge in [-0.25, -0.2) is 4.39 Å².